The van der Waals surface area contributed by atoms with Gasteiger partial charge in [-0.2, -0.15) is 12.6 Å². The van der Waals surface area contributed by atoms with Gasteiger partial charge < -0.3 is 9.64 Å². The summed E-state index contributed by atoms with van der Waals surface area (Å²) in [5.41, 5.74) is 0.526. The van der Waals surface area contributed by atoms with Gasteiger partial charge in [0, 0.05) is 20.2 Å². The van der Waals surface area contributed by atoms with Gasteiger partial charge in [-0.1, -0.05) is 12.8 Å². The molecular formula is C14H27NOS. The van der Waals surface area contributed by atoms with E-state index >= 15 is 0 Å². The Hall–Kier alpha value is 0.270. The summed E-state index contributed by atoms with van der Waals surface area (Å²) in [5, 5.41) is 0. The van der Waals surface area contributed by atoms with Crippen molar-refractivity contribution in [2.24, 2.45) is 11.3 Å². The molecule has 0 radical (unpaired) electrons. The topological polar surface area (TPSA) is 12.5 Å². The van der Waals surface area contributed by atoms with Gasteiger partial charge in [0.15, 0.2) is 0 Å². The van der Waals surface area contributed by atoms with Crippen LogP contribution in [0.3, 0.4) is 0 Å². The van der Waals surface area contributed by atoms with Gasteiger partial charge in [-0.05, 0) is 49.3 Å². The van der Waals surface area contributed by atoms with Crippen LogP contribution in [0, 0.1) is 11.3 Å². The molecule has 17 heavy (non-hydrogen) atoms. The molecule has 0 aromatic carbocycles. The molecule has 1 unspecified atom stereocenters. The average Bonchev–Trinajstić information content (AvgIpc) is 2.79. The van der Waals surface area contributed by atoms with Crippen LogP contribution in [0.2, 0.25) is 0 Å². The lowest BCUT2D eigenvalue weighted by Crippen LogP contribution is -2.43. The molecule has 2 rings (SSSR count). The van der Waals surface area contributed by atoms with E-state index in [1.807, 2.05) is 7.11 Å². The largest absolute Gasteiger partial charge is 0.384 e. The highest BCUT2D eigenvalue weighted by atomic mass is 32.1. The van der Waals surface area contributed by atoms with Crippen LogP contribution in [-0.2, 0) is 4.74 Å². The molecule has 0 N–H and O–H groups in total. The summed E-state index contributed by atoms with van der Waals surface area (Å²) in [5.74, 6) is 1.82. The van der Waals surface area contributed by atoms with Gasteiger partial charge in [0.05, 0.1) is 6.61 Å². The van der Waals surface area contributed by atoms with Crippen LogP contribution in [0.1, 0.15) is 38.5 Å². The minimum atomic E-state index is 0.526. The van der Waals surface area contributed by atoms with Crippen molar-refractivity contribution in [2.45, 2.75) is 38.5 Å². The summed E-state index contributed by atoms with van der Waals surface area (Å²) in [6.45, 7) is 4.74. The minimum Gasteiger partial charge on any atom is -0.384 e. The molecule has 1 atom stereocenters. The first-order chi connectivity index (χ1) is 8.28. The van der Waals surface area contributed by atoms with Crippen molar-refractivity contribution in [1.29, 1.82) is 0 Å². The smallest absolute Gasteiger partial charge is 0.0502 e. The van der Waals surface area contributed by atoms with E-state index in [2.05, 4.69) is 17.5 Å². The van der Waals surface area contributed by atoms with Crippen LogP contribution in [0.15, 0.2) is 0 Å². The number of methoxy groups -OCH3 is 1. The lowest BCUT2D eigenvalue weighted by atomic mass is 9.86. The van der Waals surface area contributed by atoms with E-state index in [0.29, 0.717) is 5.41 Å². The molecule has 100 valence electrons. The fraction of sp³-hybridized carbons (Fsp3) is 1.00. The first-order valence-corrected chi connectivity index (χ1v) is 7.73. The normalized spacial score (nSPS) is 29.6. The number of rotatable bonds is 5. The summed E-state index contributed by atoms with van der Waals surface area (Å²) in [4.78, 5) is 2.68. The van der Waals surface area contributed by atoms with E-state index in [1.165, 1.54) is 58.2 Å². The second-order valence-corrected chi connectivity index (χ2v) is 6.38. The van der Waals surface area contributed by atoms with Gasteiger partial charge in [0.2, 0.25) is 0 Å². The summed E-state index contributed by atoms with van der Waals surface area (Å²) in [6.07, 6.45) is 8.30. The van der Waals surface area contributed by atoms with Crippen molar-refractivity contribution < 1.29 is 4.74 Å². The Morgan fingerprint density at radius 2 is 2.06 bits per heavy atom. The zero-order valence-corrected chi connectivity index (χ0v) is 12.1. The molecule has 1 heterocycles. The molecular weight excluding hydrogens is 230 g/mol. The van der Waals surface area contributed by atoms with Crippen molar-refractivity contribution in [3.63, 3.8) is 0 Å². The minimum absolute atomic E-state index is 0.526. The van der Waals surface area contributed by atoms with Gasteiger partial charge in [0.25, 0.3) is 0 Å². The molecule has 0 spiro atoms. The molecule has 1 saturated heterocycles. The zero-order chi connectivity index (χ0) is 12.1. The first kappa shape index (κ1) is 13.7. The standard InChI is InChI=1S/C14H27NOS/c1-16-10-13-5-4-8-15(9-13)11-14(12-17)6-2-3-7-14/h13,17H,2-12H2,1H3. The van der Waals surface area contributed by atoms with E-state index < -0.39 is 0 Å². The van der Waals surface area contributed by atoms with Gasteiger partial charge in [-0.25, -0.2) is 0 Å². The van der Waals surface area contributed by atoms with Crippen LogP contribution >= 0.6 is 12.6 Å². The van der Waals surface area contributed by atoms with Crippen LogP contribution in [0.5, 0.6) is 0 Å². The van der Waals surface area contributed by atoms with Crippen molar-refractivity contribution in [3.05, 3.63) is 0 Å². The Morgan fingerprint density at radius 3 is 2.71 bits per heavy atom. The van der Waals surface area contributed by atoms with Crippen molar-refractivity contribution in [3.8, 4) is 0 Å². The number of ether oxygens (including phenoxy) is 1. The molecule has 2 aliphatic rings. The number of piperidine rings is 1. The highest BCUT2D eigenvalue weighted by Crippen LogP contribution is 2.40. The molecule has 3 heteroatoms. The second-order valence-electron chi connectivity index (χ2n) is 6.06. The predicted octanol–water partition coefficient (Wildman–Crippen LogP) is 2.84. The summed E-state index contributed by atoms with van der Waals surface area (Å²) in [7, 11) is 1.82. The van der Waals surface area contributed by atoms with Gasteiger partial charge in [-0.3, -0.25) is 0 Å². The number of thiol groups is 1. The van der Waals surface area contributed by atoms with E-state index in [9.17, 15) is 0 Å². The highest BCUT2D eigenvalue weighted by Gasteiger charge is 2.35. The Bertz CT molecular complexity index is 226. The number of hydrogen-bond donors (Lipinski definition) is 1. The molecule has 2 nitrogen and oxygen atoms in total. The van der Waals surface area contributed by atoms with Crippen LogP contribution in [0.25, 0.3) is 0 Å². The summed E-state index contributed by atoms with van der Waals surface area (Å²) < 4.78 is 5.31. The van der Waals surface area contributed by atoms with Crippen molar-refractivity contribution in [2.75, 3.05) is 39.1 Å². The quantitative estimate of drug-likeness (QED) is 0.760. The third-order valence-electron chi connectivity index (χ3n) is 4.56. The number of nitrogens with zero attached hydrogens (tertiary/aromatic N) is 1. The Balaban J connectivity index is 1.85. The fourth-order valence-corrected chi connectivity index (χ4v) is 4.05. The average molecular weight is 257 g/mol. The SMILES string of the molecule is COCC1CCCN(CC2(CS)CCCC2)C1. The highest BCUT2D eigenvalue weighted by molar-refractivity contribution is 7.80. The maximum atomic E-state index is 5.31. The lowest BCUT2D eigenvalue weighted by molar-refractivity contribution is 0.0691. The second kappa shape index (κ2) is 6.44. The third kappa shape index (κ3) is 3.62. The van der Waals surface area contributed by atoms with Crippen molar-refractivity contribution in [1.82, 2.24) is 4.90 Å². The Labute approximate surface area is 112 Å². The zero-order valence-electron chi connectivity index (χ0n) is 11.2. The van der Waals surface area contributed by atoms with Gasteiger partial charge in [0.1, 0.15) is 0 Å². The fourth-order valence-electron chi connectivity index (χ4n) is 3.63. The van der Waals surface area contributed by atoms with Gasteiger partial charge in [-0.15, -0.1) is 0 Å². The summed E-state index contributed by atoms with van der Waals surface area (Å²) in [6, 6.07) is 0. The number of likely N-dealkylation sites (tertiary alicyclic amines) is 1. The monoisotopic (exact) mass is 257 g/mol. The predicted molar refractivity (Wildman–Crippen MR) is 75.8 cm³/mol. The molecule has 1 aliphatic carbocycles. The maximum absolute atomic E-state index is 5.31. The Morgan fingerprint density at radius 1 is 1.29 bits per heavy atom. The molecule has 2 fully saturated rings. The molecule has 0 aromatic heterocycles. The van der Waals surface area contributed by atoms with Crippen molar-refractivity contribution >= 4 is 12.6 Å². The van der Waals surface area contributed by atoms with E-state index in [0.717, 1.165) is 18.3 Å². The maximum Gasteiger partial charge on any atom is 0.0502 e. The molecule has 1 aliphatic heterocycles. The molecule has 0 bridgehead atoms. The van der Waals surface area contributed by atoms with Crippen LogP contribution in [0.4, 0.5) is 0 Å². The van der Waals surface area contributed by atoms with Crippen LogP contribution < -0.4 is 0 Å². The lowest BCUT2D eigenvalue weighted by Gasteiger charge is -2.39. The van der Waals surface area contributed by atoms with Gasteiger partial charge >= 0.3 is 0 Å². The first-order valence-electron chi connectivity index (χ1n) is 7.10. The third-order valence-corrected chi connectivity index (χ3v) is 5.23. The van der Waals surface area contributed by atoms with E-state index in [1.54, 1.807) is 0 Å². The molecule has 0 amide bonds. The summed E-state index contributed by atoms with van der Waals surface area (Å²) >= 11 is 4.61. The Kier molecular flexibility index (Phi) is 5.19. The molecule has 0 aromatic rings. The van der Waals surface area contributed by atoms with Crippen LogP contribution in [-0.4, -0.2) is 44.0 Å². The van der Waals surface area contributed by atoms with E-state index in [4.69, 9.17) is 4.74 Å². The molecule has 1 saturated carbocycles. The van der Waals surface area contributed by atoms with E-state index in [-0.39, 0.29) is 0 Å². The number of hydrogen-bond acceptors (Lipinski definition) is 3.